The number of nitrogens with zero attached hydrogens (tertiary/aromatic N) is 5. The van der Waals surface area contributed by atoms with Gasteiger partial charge in [0.05, 0.1) is 6.61 Å². The van der Waals surface area contributed by atoms with Gasteiger partial charge < -0.3 is 9.67 Å². The maximum atomic E-state index is 8.85. The van der Waals surface area contributed by atoms with Crippen LogP contribution in [0.2, 0.25) is 0 Å². The second-order valence-corrected chi connectivity index (χ2v) is 4.16. The zero-order valence-corrected chi connectivity index (χ0v) is 9.77. The Balaban J connectivity index is 2.17. The van der Waals surface area contributed by atoms with E-state index in [-0.39, 0.29) is 6.61 Å². The summed E-state index contributed by atoms with van der Waals surface area (Å²) >= 11 is 1.34. The van der Waals surface area contributed by atoms with Crippen molar-refractivity contribution in [3.63, 3.8) is 0 Å². The second kappa shape index (κ2) is 4.58. The molecule has 0 unspecified atom stereocenters. The van der Waals surface area contributed by atoms with Crippen molar-refractivity contribution in [2.24, 2.45) is 7.05 Å². The normalized spacial score (nSPS) is 10.7. The average molecular weight is 237 g/mol. The molecule has 0 aliphatic rings. The van der Waals surface area contributed by atoms with Crippen LogP contribution in [-0.4, -0.2) is 29.8 Å². The lowest BCUT2D eigenvalue weighted by Crippen LogP contribution is -1.95. The fourth-order valence-corrected chi connectivity index (χ4v) is 1.76. The molecule has 0 amide bonds. The van der Waals surface area contributed by atoms with Crippen LogP contribution in [0.25, 0.3) is 0 Å². The topological polar surface area (TPSA) is 76.7 Å². The van der Waals surface area contributed by atoms with Crippen molar-refractivity contribution < 1.29 is 5.11 Å². The SMILES string of the molecule is Cc1nnc(Sc2ncc(CO)cn2)n1C. The minimum Gasteiger partial charge on any atom is -0.392 e. The van der Waals surface area contributed by atoms with E-state index in [2.05, 4.69) is 20.2 Å². The van der Waals surface area contributed by atoms with Crippen LogP contribution >= 0.6 is 11.8 Å². The molecule has 2 rings (SSSR count). The van der Waals surface area contributed by atoms with Crippen molar-refractivity contribution in [2.75, 3.05) is 0 Å². The molecular formula is C9H11N5OS. The lowest BCUT2D eigenvalue weighted by Gasteiger charge is -2.00. The molecule has 2 aromatic heterocycles. The smallest absolute Gasteiger partial charge is 0.198 e. The van der Waals surface area contributed by atoms with E-state index in [0.29, 0.717) is 10.7 Å². The molecule has 0 radical (unpaired) electrons. The monoisotopic (exact) mass is 237 g/mol. The van der Waals surface area contributed by atoms with Crippen LogP contribution in [0.1, 0.15) is 11.4 Å². The summed E-state index contributed by atoms with van der Waals surface area (Å²) in [5.74, 6) is 0.842. The van der Waals surface area contributed by atoms with E-state index in [4.69, 9.17) is 5.11 Å². The Morgan fingerprint density at radius 1 is 1.31 bits per heavy atom. The minimum atomic E-state index is -0.0476. The molecule has 0 aromatic carbocycles. The number of aromatic nitrogens is 5. The van der Waals surface area contributed by atoms with Crippen LogP contribution in [-0.2, 0) is 13.7 Å². The molecule has 0 atom stereocenters. The Bertz CT molecular complexity index is 481. The van der Waals surface area contributed by atoms with E-state index in [1.807, 2.05) is 18.5 Å². The fourth-order valence-electron chi connectivity index (χ4n) is 1.04. The largest absolute Gasteiger partial charge is 0.392 e. The Morgan fingerprint density at radius 2 is 2.00 bits per heavy atom. The van der Waals surface area contributed by atoms with Gasteiger partial charge in [-0.25, -0.2) is 9.97 Å². The molecule has 2 heterocycles. The van der Waals surface area contributed by atoms with Gasteiger partial charge in [0, 0.05) is 25.0 Å². The highest BCUT2D eigenvalue weighted by Crippen LogP contribution is 2.21. The van der Waals surface area contributed by atoms with Crippen molar-refractivity contribution >= 4 is 11.8 Å². The number of hydrogen-bond donors (Lipinski definition) is 1. The second-order valence-electron chi connectivity index (χ2n) is 3.22. The van der Waals surface area contributed by atoms with E-state index in [1.165, 1.54) is 11.8 Å². The highest BCUT2D eigenvalue weighted by Gasteiger charge is 2.08. The van der Waals surface area contributed by atoms with Gasteiger partial charge in [0.15, 0.2) is 10.3 Å². The third-order valence-corrected chi connectivity index (χ3v) is 3.03. The van der Waals surface area contributed by atoms with Gasteiger partial charge in [-0.15, -0.1) is 10.2 Å². The van der Waals surface area contributed by atoms with Crippen molar-refractivity contribution in [3.05, 3.63) is 23.8 Å². The van der Waals surface area contributed by atoms with Crippen molar-refractivity contribution in [1.29, 1.82) is 0 Å². The molecule has 0 spiro atoms. The van der Waals surface area contributed by atoms with Crippen molar-refractivity contribution in [3.8, 4) is 0 Å². The van der Waals surface area contributed by atoms with Gasteiger partial charge in [0.25, 0.3) is 0 Å². The van der Waals surface area contributed by atoms with Crippen LogP contribution in [0.15, 0.2) is 22.7 Å². The summed E-state index contributed by atoms with van der Waals surface area (Å²) in [6, 6.07) is 0. The summed E-state index contributed by atoms with van der Waals surface area (Å²) in [6.45, 7) is 1.83. The predicted octanol–water partition coefficient (Wildman–Crippen LogP) is 0.557. The molecular weight excluding hydrogens is 226 g/mol. The number of hydrogen-bond acceptors (Lipinski definition) is 6. The summed E-state index contributed by atoms with van der Waals surface area (Å²) in [7, 11) is 1.89. The Kier molecular flexibility index (Phi) is 3.16. The van der Waals surface area contributed by atoms with Gasteiger partial charge in [0.1, 0.15) is 5.82 Å². The first kappa shape index (κ1) is 11.0. The number of aryl methyl sites for hydroxylation is 1. The fraction of sp³-hybridized carbons (Fsp3) is 0.333. The van der Waals surface area contributed by atoms with E-state index < -0.39 is 0 Å². The lowest BCUT2D eigenvalue weighted by molar-refractivity contribution is 0.280. The van der Waals surface area contributed by atoms with Crippen molar-refractivity contribution in [1.82, 2.24) is 24.7 Å². The van der Waals surface area contributed by atoms with Gasteiger partial charge in [-0.1, -0.05) is 0 Å². The molecule has 0 saturated carbocycles. The number of rotatable bonds is 3. The van der Waals surface area contributed by atoms with Crippen LogP contribution in [0, 0.1) is 6.92 Å². The highest BCUT2D eigenvalue weighted by molar-refractivity contribution is 7.99. The molecule has 6 nitrogen and oxygen atoms in total. The van der Waals surface area contributed by atoms with Crippen molar-refractivity contribution in [2.45, 2.75) is 23.8 Å². The molecule has 1 N–H and O–H groups in total. The third-order valence-electron chi connectivity index (χ3n) is 2.10. The molecule has 16 heavy (non-hydrogen) atoms. The Morgan fingerprint density at radius 3 is 2.50 bits per heavy atom. The van der Waals surface area contributed by atoms with Gasteiger partial charge >= 0.3 is 0 Å². The van der Waals surface area contributed by atoms with Crippen LogP contribution < -0.4 is 0 Å². The number of aliphatic hydroxyl groups is 1. The Labute approximate surface area is 96.8 Å². The van der Waals surface area contributed by atoms with E-state index in [0.717, 1.165) is 11.0 Å². The first-order valence-electron chi connectivity index (χ1n) is 4.66. The molecule has 7 heteroatoms. The first-order valence-corrected chi connectivity index (χ1v) is 5.48. The maximum absolute atomic E-state index is 8.85. The van der Waals surface area contributed by atoms with Gasteiger partial charge in [0.2, 0.25) is 0 Å². The van der Waals surface area contributed by atoms with Crippen LogP contribution in [0.4, 0.5) is 0 Å². The molecule has 0 aliphatic carbocycles. The highest BCUT2D eigenvalue weighted by atomic mass is 32.2. The van der Waals surface area contributed by atoms with Gasteiger partial charge in [-0.3, -0.25) is 0 Å². The first-order chi connectivity index (χ1) is 7.70. The molecule has 0 fully saturated rings. The molecule has 0 bridgehead atoms. The third kappa shape index (κ3) is 2.20. The van der Waals surface area contributed by atoms with E-state index in [1.54, 1.807) is 12.4 Å². The quantitative estimate of drug-likeness (QED) is 0.786. The summed E-state index contributed by atoms with van der Waals surface area (Å²) < 4.78 is 1.87. The Hall–Kier alpha value is -1.47. The summed E-state index contributed by atoms with van der Waals surface area (Å²) in [5.41, 5.74) is 0.693. The van der Waals surface area contributed by atoms with E-state index in [9.17, 15) is 0 Å². The zero-order chi connectivity index (χ0) is 11.5. The average Bonchev–Trinajstić information content (AvgIpc) is 2.62. The van der Waals surface area contributed by atoms with Crippen LogP contribution in [0.5, 0.6) is 0 Å². The van der Waals surface area contributed by atoms with Gasteiger partial charge in [-0.2, -0.15) is 0 Å². The minimum absolute atomic E-state index is 0.0476. The van der Waals surface area contributed by atoms with Crippen LogP contribution in [0.3, 0.4) is 0 Å². The summed E-state index contributed by atoms with van der Waals surface area (Å²) in [4.78, 5) is 8.21. The molecule has 2 aromatic rings. The lowest BCUT2D eigenvalue weighted by atomic mass is 10.4. The zero-order valence-electron chi connectivity index (χ0n) is 8.95. The molecule has 84 valence electrons. The number of aliphatic hydroxyl groups excluding tert-OH is 1. The molecule has 0 saturated heterocycles. The summed E-state index contributed by atoms with van der Waals surface area (Å²) in [6.07, 6.45) is 3.19. The standard InChI is InChI=1S/C9H11N5OS/c1-6-12-13-9(14(6)2)16-8-10-3-7(5-15)4-11-8/h3-4,15H,5H2,1-2H3. The maximum Gasteiger partial charge on any atom is 0.198 e. The van der Waals surface area contributed by atoms with Gasteiger partial charge in [-0.05, 0) is 18.7 Å². The molecule has 0 aliphatic heterocycles. The predicted molar refractivity (Wildman–Crippen MR) is 57.8 cm³/mol. The summed E-state index contributed by atoms with van der Waals surface area (Å²) in [5, 5.41) is 18.1. The van der Waals surface area contributed by atoms with E-state index >= 15 is 0 Å².